The summed E-state index contributed by atoms with van der Waals surface area (Å²) < 4.78 is 0. The number of nitrogens with one attached hydrogen (secondary N) is 3. The predicted octanol–water partition coefficient (Wildman–Crippen LogP) is 2.20. The van der Waals surface area contributed by atoms with Gasteiger partial charge in [0.2, 0.25) is 0 Å². The van der Waals surface area contributed by atoms with Crippen molar-refractivity contribution in [3.63, 3.8) is 0 Å². The van der Waals surface area contributed by atoms with Crippen molar-refractivity contribution >= 4 is 0 Å². The van der Waals surface area contributed by atoms with Crippen LogP contribution in [0.25, 0.3) is 0 Å². The Labute approximate surface area is 108 Å². The molecule has 0 aliphatic carbocycles. The van der Waals surface area contributed by atoms with E-state index in [9.17, 15) is 0 Å². The summed E-state index contributed by atoms with van der Waals surface area (Å²) in [4.78, 5) is 0. The molecule has 2 aromatic carbocycles. The summed E-state index contributed by atoms with van der Waals surface area (Å²) in [5, 5.41) is 3.23. The van der Waals surface area contributed by atoms with Gasteiger partial charge in [-0.1, -0.05) is 60.7 Å². The Hall–Kier alpha value is -1.68. The SMILES string of the molecule is CNC(NNCc1ccccc1)c1ccccc1. The van der Waals surface area contributed by atoms with Crippen molar-refractivity contribution in [2.24, 2.45) is 0 Å². The van der Waals surface area contributed by atoms with Crippen molar-refractivity contribution in [2.45, 2.75) is 12.7 Å². The Morgan fingerprint density at radius 2 is 1.50 bits per heavy atom. The minimum atomic E-state index is 0.106. The predicted molar refractivity (Wildman–Crippen MR) is 74.7 cm³/mol. The fraction of sp³-hybridized carbons (Fsp3) is 0.200. The molecule has 2 rings (SSSR count). The fourth-order valence-corrected chi connectivity index (χ4v) is 1.82. The highest BCUT2D eigenvalue weighted by Gasteiger charge is 2.06. The van der Waals surface area contributed by atoms with Gasteiger partial charge < -0.3 is 5.32 Å². The van der Waals surface area contributed by atoms with Crippen LogP contribution in [-0.4, -0.2) is 7.05 Å². The maximum atomic E-state index is 3.27. The van der Waals surface area contributed by atoms with Crippen LogP contribution in [0, 0.1) is 0 Å². The van der Waals surface area contributed by atoms with Gasteiger partial charge in [0.25, 0.3) is 0 Å². The molecule has 0 aromatic heterocycles. The molecule has 2 aromatic rings. The van der Waals surface area contributed by atoms with Gasteiger partial charge in [-0.2, -0.15) is 0 Å². The van der Waals surface area contributed by atoms with Gasteiger partial charge in [-0.25, -0.2) is 5.43 Å². The van der Waals surface area contributed by atoms with E-state index in [4.69, 9.17) is 0 Å². The number of hydrazine groups is 1. The molecule has 1 atom stereocenters. The third-order valence-corrected chi connectivity index (χ3v) is 2.80. The Bertz CT molecular complexity index is 442. The Balaban J connectivity index is 1.85. The zero-order chi connectivity index (χ0) is 12.6. The van der Waals surface area contributed by atoms with E-state index in [1.54, 1.807) is 0 Å². The third-order valence-electron chi connectivity index (χ3n) is 2.80. The lowest BCUT2D eigenvalue weighted by atomic mass is 10.2. The van der Waals surface area contributed by atoms with Crippen molar-refractivity contribution in [1.29, 1.82) is 0 Å². The van der Waals surface area contributed by atoms with Crippen molar-refractivity contribution in [1.82, 2.24) is 16.2 Å². The summed E-state index contributed by atoms with van der Waals surface area (Å²) in [5.41, 5.74) is 8.98. The summed E-state index contributed by atoms with van der Waals surface area (Å²) in [5.74, 6) is 0. The molecule has 0 aliphatic heterocycles. The maximum absolute atomic E-state index is 3.27. The van der Waals surface area contributed by atoms with E-state index in [2.05, 4.69) is 40.4 Å². The molecule has 0 aliphatic rings. The van der Waals surface area contributed by atoms with E-state index in [0.29, 0.717) is 0 Å². The largest absolute Gasteiger partial charge is 0.300 e. The van der Waals surface area contributed by atoms with E-state index < -0.39 is 0 Å². The molecule has 0 heterocycles. The molecule has 0 radical (unpaired) electrons. The average Bonchev–Trinajstić information content (AvgIpc) is 2.46. The van der Waals surface area contributed by atoms with Crippen molar-refractivity contribution in [2.75, 3.05) is 7.05 Å². The highest BCUT2D eigenvalue weighted by Crippen LogP contribution is 2.07. The second kappa shape index (κ2) is 6.91. The molecule has 0 spiro atoms. The molecule has 0 saturated carbocycles. The van der Waals surface area contributed by atoms with Crippen LogP contribution >= 0.6 is 0 Å². The molecular weight excluding hydrogens is 222 g/mol. The zero-order valence-corrected chi connectivity index (χ0v) is 10.6. The first kappa shape index (κ1) is 12.8. The standard InChI is InChI=1S/C15H19N3/c1-16-15(14-10-6-3-7-11-14)18-17-12-13-8-4-2-5-9-13/h2-11,15-18H,12H2,1H3. The number of rotatable bonds is 6. The van der Waals surface area contributed by atoms with E-state index in [-0.39, 0.29) is 6.17 Å². The van der Waals surface area contributed by atoms with Crippen molar-refractivity contribution < 1.29 is 0 Å². The number of benzene rings is 2. The zero-order valence-electron chi connectivity index (χ0n) is 10.6. The quantitative estimate of drug-likeness (QED) is 0.536. The molecule has 0 saturated heterocycles. The number of hydrogen-bond donors (Lipinski definition) is 3. The van der Waals surface area contributed by atoms with Gasteiger partial charge in [-0.15, -0.1) is 0 Å². The van der Waals surface area contributed by atoms with Crippen molar-refractivity contribution in [3.8, 4) is 0 Å². The van der Waals surface area contributed by atoms with Gasteiger partial charge in [0.05, 0.1) is 6.17 Å². The number of hydrogen-bond acceptors (Lipinski definition) is 3. The first-order valence-corrected chi connectivity index (χ1v) is 6.14. The minimum Gasteiger partial charge on any atom is -0.300 e. The molecule has 0 fully saturated rings. The van der Waals surface area contributed by atoms with E-state index in [1.165, 1.54) is 11.1 Å². The lowest BCUT2D eigenvalue weighted by Gasteiger charge is -2.19. The minimum absolute atomic E-state index is 0.106. The lowest BCUT2D eigenvalue weighted by Crippen LogP contribution is -2.40. The summed E-state index contributed by atoms with van der Waals surface area (Å²) >= 11 is 0. The maximum Gasteiger partial charge on any atom is 0.0960 e. The van der Waals surface area contributed by atoms with Crippen LogP contribution < -0.4 is 16.2 Å². The van der Waals surface area contributed by atoms with Crippen LogP contribution in [0.4, 0.5) is 0 Å². The molecule has 3 N–H and O–H groups in total. The van der Waals surface area contributed by atoms with E-state index in [0.717, 1.165) is 6.54 Å². The molecule has 0 bridgehead atoms. The molecule has 3 heteroatoms. The fourth-order valence-electron chi connectivity index (χ4n) is 1.82. The van der Waals surface area contributed by atoms with Crippen LogP contribution in [-0.2, 0) is 6.54 Å². The molecule has 0 amide bonds. The average molecular weight is 241 g/mol. The molecular formula is C15H19N3. The second-order valence-electron chi connectivity index (χ2n) is 4.12. The summed E-state index contributed by atoms with van der Waals surface area (Å²) in [6, 6.07) is 20.6. The van der Waals surface area contributed by atoms with Gasteiger partial charge >= 0.3 is 0 Å². The summed E-state index contributed by atoms with van der Waals surface area (Å²) in [7, 11) is 1.94. The molecule has 1 unspecified atom stereocenters. The van der Waals surface area contributed by atoms with Gasteiger partial charge in [0, 0.05) is 6.54 Å². The third kappa shape index (κ3) is 3.67. The van der Waals surface area contributed by atoms with Gasteiger partial charge in [-0.05, 0) is 18.2 Å². The van der Waals surface area contributed by atoms with E-state index >= 15 is 0 Å². The molecule has 3 nitrogen and oxygen atoms in total. The normalized spacial score (nSPS) is 12.3. The first-order chi connectivity index (χ1) is 8.90. The first-order valence-electron chi connectivity index (χ1n) is 6.14. The van der Waals surface area contributed by atoms with Crippen LogP contribution in [0.1, 0.15) is 17.3 Å². The molecule has 94 valence electrons. The monoisotopic (exact) mass is 241 g/mol. The van der Waals surface area contributed by atoms with Crippen LogP contribution in [0.5, 0.6) is 0 Å². The van der Waals surface area contributed by atoms with Crippen LogP contribution in [0.15, 0.2) is 60.7 Å². The van der Waals surface area contributed by atoms with Gasteiger partial charge in [0.15, 0.2) is 0 Å². The van der Waals surface area contributed by atoms with Gasteiger partial charge in [0.1, 0.15) is 0 Å². The topological polar surface area (TPSA) is 36.1 Å². The Morgan fingerprint density at radius 3 is 2.11 bits per heavy atom. The molecule has 18 heavy (non-hydrogen) atoms. The smallest absolute Gasteiger partial charge is 0.0960 e. The van der Waals surface area contributed by atoms with Gasteiger partial charge in [-0.3, -0.25) is 5.43 Å². The second-order valence-corrected chi connectivity index (χ2v) is 4.12. The summed E-state index contributed by atoms with van der Waals surface area (Å²) in [6.07, 6.45) is 0.106. The highest BCUT2D eigenvalue weighted by atomic mass is 15.4. The Kier molecular flexibility index (Phi) is 4.90. The van der Waals surface area contributed by atoms with Crippen molar-refractivity contribution in [3.05, 3.63) is 71.8 Å². The van der Waals surface area contributed by atoms with Crippen LogP contribution in [0.2, 0.25) is 0 Å². The highest BCUT2D eigenvalue weighted by molar-refractivity contribution is 5.18. The van der Waals surface area contributed by atoms with Crippen LogP contribution in [0.3, 0.4) is 0 Å². The summed E-state index contributed by atoms with van der Waals surface area (Å²) in [6.45, 7) is 0.797. The Morgan fingerprint density at radius 1 is 0.889 bits per heavy atom. The lowest BCUT2D eigenvalue weighted by molar-refractivity contribution is 0.397. The van der Waals surface area contributed by atoms with E-state index in [1.807, 2.05) is 43.4 Å².